The smallest absolute Gasteiger partial charge is 0.245 e. The Morgan fingerprint density at radius 3 is 2.79 bits per heavy atom. The number of benzene rings is 1. The van der Waals surface area contributed by atoms with Gasteiger partial charge in [0, 0.05) is 24.0 Å². The van der Waals surface area contributed by atoms with Crippen LogP contribution in [0, 0.1) is 5.82 Å². The maximum Gasteiger partial charge on any atom is 0.245 e. The number of carbonyl (C=O) groups is 2. The summed E-state index contributed by atoms with van der Waals surface area (Å²) in [7, 11) is 0. The van der Waals surface area contributed by atoms with Crippen LogP contribution >= 0.6 is 11.3 Å². The third-order valence-electron chi connectivity index (χ3n) is 4.15. The Morgan fingerprint density at radius 2 is 2.08 bits per heavy atom. The molecule has 1 aliphatic heterocycles. The monoisotopic (exact) mass is 347 g/mol. The van der Waals surface area contributed by atoms with Crippen molar-refractivity contribution in [3.05, 3.63) is 40.5 Å². The lowest BCUT2D eigenvalue weighted by molar-refractivity contribution is -0.148. The molecule has 0 aliphatic carbocycles. The van der Waals surface area contributed by atoms with E-state index < -0.39 is 5.54 Å². The van der Waals surface area contributed by atoms with Crippen LogP contribution in [0.1, 0.15) is 18.9 Å². The molecule has 0 saturated carbocycles. The summed E-state index contributed by atoms with van der Waals surface area (Å²) >= 11 is 1.39. The van der Waals surface area contributed by atoms with Gasteiger partial charge in [-0.2, -0.15) is 0 Å². The first-order valence-corrected chi connectivity index (χ1v) is 8.55. The normalized spacial score (nSPS) is 16.8. The molecule has 126 valence electrons. The lowest BCUT2D eigenvalue weighted by Gasteiger charge is -2.41. The molecular formula is C17H18FN3O2S. The number of carbonyl (C=O) groups excluding carboxylic acids is 2. The minimum Gasteiger partial charge on any atom is -0.352 e. The topological polar surface area (TPSA) is 62.3 Å². The minimum atomic E-state index is -0.855. The zero-order chi connectivity index (χ0) is 17.3. The predicted molar refractivity (Wildman–Crippen MR) is 90.0 cm³/mol. The highest BCUT2D eigenvalue weighted by molar-refractivity contribution is 7.10. The van der Waals surface area contributed by atoms with E-state index in [1.807, 2.05) is 5.38 Å². The molecule has 5 nitrogen and oxygen atoms in total. The second-order valence-corrected chi connectivity index (χ2v) is 7.11. The standard InChI is InChI=1S/C17H18FN3O2S/c1-17(2)16(23)19-7-8-21(17)15(22)9-14-20-13(10-24-14)11-3-5-12(18)6-4-11/h3-6,10H,7-9H2,1-2H3,(H,19,23). The highest BCUT2D eigenvalue weighted by Crippen LogP contribution is 2.24. The first-order chi connectivity index (χ1) is 11.4. The lowest BCUT2D eigenvalue weighted by Crippen LogP contribution is -2.63. The van der Waals surface area contributed by atoms with Crippen LogP contribution in [0.4, 0.5) is 4.39 Å². The highest BCUT2D eigenvalue weighted by Gasteiger charge is 2.40. The van der Waals surface area contributed by atoms with Crippen molar-refractivity contribution in [1.82, 2.24) is 15.2 Å². The molecule has 0 radical (unpaired) electrons. The van der Waals surface area contributed by atoms with Crippen LogP contribution < -0.4 is 5.32 Å². The Labute approximate surface area is 143 Å². The molecule has 1 aliphatic rings. The third kappa shape index (κ3) is 3.17. The van der Waals surface area contributed by atoms with Gasteiger partial charge in [-0.15, -0.1) is 11.3 Å². The third-order valence-corrected chi connectivity index (χ3v) is 5.00. The van der Waals surface area contributed by atoms with Gasteiger partial charge in [0.1, 0.15) is 16.4 Å². The summed E-state index contributed by atoms with van der Waals surface area (Å²) in [5.41, 5.74) is 0.675. The molecule has 7 heteroatoms. The fraction of sp³-hybridized carbons (Fsp3) is 0.353. The minimum absolute atomic E-state index is 0.116. The number of amides is 2. The van der Waals surface area contributed by atoms with Crippen molar-refractivity contribution in [1.29, 1.82) is 0 Å². The van der Waals surface area contributed by atoms with Crippen LogP contribution in [-0.2, 0) is 16.0 Å². The molecule has 1 aromatic heterocycles. The number of halogens is 1. The van der Waals surface area contributed by atoms with E-state index in [9.17, 15) is 14.0 Å². The molecule has 2 aromatic rings. The molecule has 1 fully saturated rings. The fourth-order valence-corrected chi connectivity index (χ4v) is 3.50. The van der Waals surface area contributed by atoms with E-state index in [-0.39, 0.29) is 24.1 Å². The number of nitrogens with one attached hydrogen (secondary N) is 1. The highest BCUT2D eigenvalue weighted by atomic mass is 32.1. The number of nitrogens with zero attached hydrogens (tertiary/aromatic N) is 2. The van der Waals surface area contributed by atoms with Crippen molar-refractivity contribution < 1.29 is 14.0 Å². The van der Waals surface area contributed by atoms with Crippen molar-refractivity contribution in [2.24, 2.45) is 0 Å². The number of hydrogen-bond donors (Lipinski definition) is 1. The molecule has 0 spiro atoms. The van der Waals surface area contributed by atoms with Crippen LogP contribution in [0.15, 0.2) is 29.6 Å². The first kappa shape index (κ1) is 16.6. The second-order valence-electron chi connectivity index (χ2n) is 6.17. The molecule has 1 N–H and O–H groups in total. The zero-order valence-corrected chi connectivity index (χ0v) is 14.3. The van der Waals surface area contributed by atoms with Crippen molar-refractivity contribution in [3.8, 4) is 11.3 Å². The molecule has 1 aromatic carbocycles. The molecule has 3 rings (SSSR count). The van der Waals surface area contributed by atoms with Gasteiger partial charge in [-0.1, -0.05) is 0 Å². The van der Waals surface area contributed by atoms with E-state index in [0.29, 0.717) is 18.1 Å². The van der Waals surface area contributed by atoms with Gasteiger partial charge in [0.2, 0.25) is 11.8 Å². The number of rotatable bonds is 3. The number of aromatic nitrogens is 1. The molecule has 0 unspecified atom stereocenters. The molecular weight excluding hydrogens is 329 g/mol. The van der Waals surface area contributed by atoms with Gasteiger partial charge in [-0.05, 0) is 38.1 Å². The average molecular weight is 347 g/mol. The van der Waals surface area contributed by atoms with Crippen molar-refractivity contribution in [3.63, 3.8) is 0 Å². The van der Waals surface area contributed by atoms with Crippen LogP contribution in [0.25, 0.3) is 11.3 Å². The van der Waals surface area contributed by atoms with Crippen LogP contribution in [-0.4, -0.2) is 40.3 Å². The van der Waals surface area contributed by atoms with Gasteiger partial charge in [0.15, 0.2) is 0 Å². The molecule has 0 bridgehead atoms. The molecule has 1 saturated heterocycles. The van der Waals surface area contributed by atoms with Gasteiger partial charge < -0.3 is 10.2 Å². The fourth-order valence-electron chi connectivity index (χ4n) is 2.71. The largest absolute Gasteiger partial charge is 0.352 e. The molecule has 2 heterocycles. The Kier molecular flexibility index (Phi) is 4.36. The number of hydrogen-bond acceptors (Lipinski definition) is 4. The van der Waals surface area contributed by atoms with Crippen molar-refractivity contribution in [2.75, 3.05) is 13.1 Å². The summed E-state index contributed by atoms with van der Waals surface area (Å²) in [4.78, 5) is 30.6. The number of thiazole rings is 1. The molecule has 24 heavy (non-hydrogen) atoms. The van der Waals surface area contributed by atoms with E-state index in [2.05, 4.69) is 10.3 Å². The molecule has 2 amide bonds. The van der Waals surface area contributed by atoms with Gasteiger partial charge in [0.25, 0.3) is 0 Å². The van der Waals surface area contributed by atoms with Gasteiger partial charge in [-0.25, -0.2) is 9.37 Å². The Hall–Kier alpha value is -2.28. The van der Waals surface area contributed by atoms with E-state index >= 15 is 0 Å². The van der Waals surface area contributed by atoms with Gasteiger partial charge in [0.05, 0.1) is 12.1 Å². The van der Waals surface area contributed by atoms with Gasteiger partial charge in [-0.3, -0.25) is 9.59 Å². The van der Waals surface area contributed by atoms with E-state index in [0.717, 1.165) is 11.3 Å². The zero-order valence-electron chi connectivity index (χ0n) is 13.5. The summed E-state index contributed by atoms with van der Waals surface area (Å²) in [6, 6.07) is 6.09. The summed E-state index contributed by atoms with van der Waals surface area (Å²) < 4.78 is 13.0. The predicted octanol–water partition coefficient (Wildman–Crippen LogP) is 2.23. The summed E-state index contributed by atoms with van der Waals surface area (Å²) in [6.45, 7) is 4.44. The molecule has 0 atom stereocenters. The lowest BCUT2D eigenvalue weighted by atomic mass is 9.98. The Morgan fingerprint density at radius 1 is 1.38 bits per heavy atom. The second kappa shape index (κ2) is 6.32. The van der Waals surface area contributed by atoms with Crippen LogP contribution in [0.3, 0.4) is 0 Å². The summed E-state index contributed by atoms with van der Waals surface area (Å²) in [5, 5.41) is 5.31. The Balaban J connectivity index is 1.73. The average Bonchev–Trinajstić information content (AvgIpc) is 2.99. The number of piperazine rings is 1. The first-order valence-electron chi connectivity index (χ1n) is 7.67. The van der Waals surface area contributed by atoms with Gasteiger partial charge >= 0.3 is 0 Å². The SMILES string of the molecule is CC1(C)C(=O)NCCN1C(=O)Cc1nc(-c2ccc(F)cc2)cs1. The van der Waals surface area contributed by atoms with Crippen LogP contribution in [0.2, 0.25) is 0 Å². The summed E-state index contributed by atoms with van der Waals surface area (Å²) in [6.07, 6.45) is 0.155. The van der Waals surface area contributed by atoms with Crippen LogP contribution in [0.5, 0.6) is 0 Å². The van der Waals surface area contributed by atoms with Crippen molar-refractivity contribution in [2.45, 2.75) is 25.8 Å². The van der Waals surface area contributed by atoms with E-state index in [1.165, 1.54) is 23.5 Å². The quantitative estimate of drug-likeness (QED) is 0.926. The maximum absolute atomic E-state index is 13.0. The van der Waals surface area contributed by atoms with E-state index in [4.69, 9.17) is 0 Å². The van der Waals surface area contributed by atoms with E-state index in [1.54, 1.807) is 30.9 Å². The summed E-state index contributed by atoms with van der Waals surface area (Å²) in [5.74, 6) is -0.557. The van der Waals surface area contributed by atoms with Crippen molar-refractivity contribution >= 4 is 23.2 Å². The maximum atomic E-state index is 13.0. The Bertz CT molecular complexity index is 770.